The largest absolute Gasteiger partial charge is 0.461 e. The van der Waals surface area contributed by atoms with Crippen molar-refractivity contribution >= 4 is 28.6 Å². The molecule has 2 aromatic rings. The van der Waals surface area contributed by atoms with Gasteiger partial charge in [-0.05, 0) is 20.8 Å². The van der Waals surface area contributed by atoms with Gasteiger partial charge in [0, 0.05) is 16.0 Å². The molecule has 0 atom stereocenters. The smallest absolute Gasteiger partial charge is 0.358 e. The summed E-state index contributed by atoms with van der Waals surface area (Å²) in [6, 6.07) is 0. The lowest BCUT2D eigenvalue weighted by Crippen LogP contribution is -2.06. The topological polar surface area (TPSA) is 52.1 Å². The molecule has 0 spiro atoms. The van der Waals surface area contributed by atoms with E-state index in [4.69, 9.17) is 4.74 Å². The van der Waals surface area contributed by atoms with Gasteiger partial charge in [0.05, 0.1) is 18.0 Å². The van der Waals surface area contributed by atoms with Gasteiger partial charge in [0.1, 0.15) is 5.01 Å². The van der Waals surface area contributed by atoms with E-state index < -0.39 is 0 Å². The summed E-state index contributed by atoms with van der Waals surface area (Å²) >= 11 is 3.14. The SMILES string of the molecule is CCOC(=O)c1nc(Cc2nc(C)cs2)sc1C. The molecular formula is C12H14N2O2S2. The molecule has 0 bridgehead atoms. The van der Waals surface area contributed by atoms with E-state index in [1.807, 2.05) is 19.2 Å². The molecule has 0 N–H and O–H groups in total. The second-order valence-electron chi connectivity index (χ2n) is 3.79. The molecule has 0 aliphatic carbocycles. The highest BCUT2D eigenvalue weighted by molar-refractivity contribution is 7.12. The van der Waals surface area contributed by atoms with Gasteiger partial charge in [-0.1, -0.05) is 0 Å². The van der Waals surface area contributed by atoms with Crippen LogP contribution in [0, 0.1) is 13.8 Å². The van der Waals surface area contributed by atoms with Crippen molar-refractivity contribution in [3.63, 3.8) is 0 Å². The molecule has 2 aromatic heterocycles. The van der Waals surface area contributed by atoms with Crippen LogP contribution in [0.3, 0.4) is 0 Å². The summed E-state index contributed by atoms with van der Waals surface area (Å²) < 4.78 is 4.97. The van der Waals surface area contributed by atoms with E-state index in [9.17, 15) is 4.79 Å². The van der Waals surface area contributed by atoms with Gasteiger partial charge in [-0.15, -0.1) is 22.7 Å². The molecule has 0 saturated heterocycles. The van der Waals surface area contributed by atoms with Gasteiger partial charge >= 0.3 is 5.97 Å². The average Bonchev–Trinajstić information content (AvgIpc) is 2.86. The van der Waals surface area contributed by atoms with Gasteiger partial charge in [-0.3, -0.25) is 0 Å². The number of nitrogens with zero attached hydrogens (tertiary/aromatic N) is 2. The van der Waals surface area contributed by atoms with Crippen LogP contribution < -0.4 is 0 Å². The summed E-state index contributed by atoms with van der Waals surface area (Å²) in [5.74, 6) is -0.340. The molecule has 0 radical (unpaired) electrons. The minimum atomic E-state index is -0.340. The van der Waals surface area contributed by atoms with Crippen LogP contribution in [-0.2, 0) is 11.2 Å². The highest BCUT2D eigenvalue weighted by Gasteiger charge is 2.17. The maximum atomic E-state index is 11.6. The Hall–Kier alpha value is -1.27. The Kier molecular flexibility index (Phi) is 4.08. The summed E-state index contributed by atoms with van der Waals surface area (Å²) in [5.41, 5.74) is 1.46. The monoisotopic (exact) mass is 282 g/mol. The van der Waals surface area contributed by atoms with Crippen molar-refractivity contribution in [2.45, 2.75) is 27.2 Å². The van der Waals surface area contributed by atoms with Gasteiger partial charge < -0.3 is 4.74 Å². The first-order valence-electron chi connectivity index (χ1n) is 5.64. The highest BCUT2D eigenvalue weighted by Crippen LogP contribution is 2.22. The fraction of sp³-hybridized carbons (Fsp3) is 0.417. The lowest BCUT2D eigenvalue weighted by atomic mass is 10.4. The van der Waals surface area contributed by atoms with Crippen molar-refractivity contribution < 1.29 is 9.53 Å². The summed E-state index contributed by atoms with van der Waals surface area (Å²) in [5, 5.41) is 3.95. The lowest BCUT2D eigenvalue weighted by Gasteiger charge is -1.97. The van der Waals surface area contributed by atoms with E-state index in [1.165, 1.54) is 11.3 Å². The molecule has 0 aromatic carbocycles. The van der Waals surface area contributed by atoms with Crippen molar-refractivity contribution in [3.05, 3.63) is 31.7 Å². The van der Waals surface area contributed by atoms with Crippen LogP contribution >= 0.6 is 22.7 Å². The van der Waals surface area contributed by atoms with E-state index in [1.54, 1.807) is 18.3 Å². The lowest BCUT2D eigenvalue weighted by molar-refractivity contribution is 0.0519. The van der Waals surface area contributed by atoms with Crippen molar-refractivity contribution in [2.75, 3.05) is 6.61 Å². The molecule has 96 valence electrons. The molecular weight excluding hydrogens is 268 g/mol. The fourth-order valence-corrected chi connectivity index (χ4v) is 3.32. The first kappa shape index (κ1) is 13.2. The Bertz CT molecular complexity index is 560. The Balaban J connectivity index is 2.16. The van der Waals surface area contributed by atoms with Crippen molar-refractivity contribution in [1.82, 2.24) is 9.97 Å². The Morgan fingerprint density at radius 2 is 2.11 bits per heavy atom. The molecule has 0 fully saturated rings. The van der Waals surface area contributed by atoms with Gasteiger partial charge in [-0.2, -0.15) is 0 Å². The standard InChI is InChI=1S/C12H14N2O2S2/c1-4-16-12(15)11-8(3)18-10(14-11)5-9-13-7(2)6-17-9/h6H,4-5H2,1-3H3. The number of aromatic nitrogens is 2. The van der Waals surface area contributed by atoms with E-state index >= 15 is 0 Å². The quantitative estimate of drug-likeness (QED) is 0.809. The number of esters is 1. The highest BCUT2D eigenvalue weighted by atomic mass is 32.1. The molecule has 6 heteroatoms. The third-order valence-corrected chi connectivity index (χ3v) is 4.22. The maximum Gasteiger partial charge on any atom is 0.358 e. The first-order valence-corrected chi connectivity index (χ1v) is 7.34. The van der Waals surface area contributed by atoms with E-state index in [0.717, 1.165) is 20.6 Å². The number of rotatable bonds is 4. The predicted octanol–water partition coefficient (Wildman–Crippen LogP) is 2.98. The zero-order valence-corrected chi connectivity index (χ0v) is 12.2. The molecule has 2 heterocycles. The predicted molar refractivity (Wildman–Crippen MR) is 72.5 cm³/mol. The Morgan fingerprint density at radius 1 is 1.33 bits per heavy atom. The number of thiazole rings is 2. The molecule has 4 nitrogen and oxygen atoms in total. The van der Waals surface area contributed by atoms with Crippen LogP contribution in [0.2, 0.25) is 0 Å². The van der Waals surface area contributed by atoms with Crippen LogP contribution in [0.4, 0.5) is 0 Å². The number of ether oxygens (including phenoxy) is 1. The molecule has 0 amide bonds. The van der Waals surface area contributed by atoms with E-state index in [0.29, 0.717) is 18.7 Å². The third kappa shape index (κ3) is 2.94. The van der Waals surface area contributed by atoms with Crippen molar-refractivity contribution in [1.29, 1.82) is 0 Å². The first-order chi connectivity index (χ1) is 8.60. The van der Waals surface area contributed by atoms with E-state index in [2.05, 4.69) is 9.97 Å². The minimum Gasteiger partial charge on any atom is -0.461 e. The normalized spacial score (nSPS) is 10.6. The fourth-order valence-electron chi connectivity index (χ4n) is 1.53. The molecule has 0 unspecified atom stereocenters. The average molecular weight is 282 g/mol. The van der Waals surface area contributed by atoms with Crippen LogP contribution in [-0.4, -0.2) is 22.5 Å². The maximum absolute atomic E-state index is 11.6. The van der Waals surface area contributed by atoms with Crippen LogP contribution in [0.5, 0.6) is 0 Å². The molecule has 2 rings (SSSR count). The third-order valence-electron chi connectivity index (χ3n) is 2.28. The minimum absolute atomic E-state index is 0.340. The second kappa shape index (κ2) is 5.58. The second-order valence-corrected chi connectivity index (χ2v) is 6.02. The zero-order chi connectivity index (χ0) is 13.1. The number of carbonyl (C=O) groups excluding carboxylic acids is 1. The molecule has 18 heavy (non-hydrogen) atoms. The van der Waals surface area contributed by atoms with Crippen molar-refractivity contribution in [3.8, 4) is 0 Å². The van der Waals surface area contributed by atoms with Crippen LogP contribution in [0.1, 0.15) is 38.0 Å². The van der Waals surface area contributed by atoms with Gasteiger partial charge in [0.25, 0.3) is 0 Å². The number of aryl methyl sites for hydroxylation is 2. The summed E-state index contributed by atoms with van der Waals surface area (Å²) in [6.45, 7) is 6.02. The molecule has 0 aliphatic heterocycles. The summed E-state index contributed by atoms with van der Waals surface area (Å²) in [6.07, 6.45) is 0.684. The van der Waals surface area contributed by atoms with Gasteiger partial charge in [-0.25, -0.2) is 14.8 Å². The van der Waals surface area contributed by atoms with Gasteiger partial charge in [0.15, 0.2) is 5.69 Å². The Labute approximate surface area is 114 Å². The zero-order valence-electron chi connectivity index (χ0n) is 10.5. The number of carbonyl (C=O) groups is 1. The van der Waals surface area contributed by atoms with Crippen molar-refractivity contribution in [2.24, 2.45) is 0 Å². The molecule has 0 aliphatic rings. The Morgan fingerprint density at radius 3 is 2.72 bits per heavy atom. The van der Waals surface area contributed by atoms with Gasteiger partial charge in [0.2, 0.25) is 0 Å². The summed E-state index contributed by atoms with van der Waals surface area (Å²) in [7, 11) is 0. The van der Waals surface area contributed by atoms with Crippen LogP contribution in [0.25, 0.3) is 0 Å². The number of hydrogen-bond donors (Lipinski definition) is 0. The molecule has 0 saturated carbocycles. The van der Waals surface area contributed by atoms with E-state index in [-0.39, 0.29) is 5.97 Å². The summed E-state index contributed by atoms with van der Waals surface area (Å²) in [4.78, 5) is 21.3. The van der Waals surface area contributed by atoms with Crippen LogP contribution in [0.15, 0.2) is 5.38 Å². The number of hydrogen-bond acceptors (Lipinski definition) is 6.